The van der Waals surface area contributed by atoms with Crippen LogP contribution in [0.3, 0.4) is 0 Å². The molecule has 4 heteroatoms. The molecule has 1 aromatic heterocycles. The van der Waals surface area contributed by atoms with Gasteiger partial charge in [0.25, 0.3) is 11.5 Å². The third-order valence-electron chi connectivity index (χ3n) is 5.10. The van der Waals surface area contributed by atoms with Gasteiger partial charge in [-0.05, 0) is 24.0 Å². The Labute approximate surface area is 141 Å². The monoisotopic (exact) mass is 320 g/mol. The van der Waals surface area contributed by atoms with Crippen LogP contribution >= 0.6 is 0 Å². The summed E-state index contributed by atoms with van der Waals surface area (Å²) in [5.74, 6) is 0.429. The van der Waals surface area contributed by atoms with Crippen molar-refractivity contribution in [3.8, 4) is 0 Å². The van der Waals surface area contributed by atoms with Crippen LogP contribution in [0.25, 0.3) is 6.08 Å². The van der Waals surface area contributed by atoms with Crippen molar-refractivity contribution in [2.75, 3.05) is 13.1 Å². The second-order valence-corrected chi connectivity index (χ2v) is 6.61. The summed E-state index contributed by atoms with van der Waals surface area (Å²) < 4.78 is 1.53. The van der Waals surface area contributed by atoms with Gasteiger partial charge in [0.05, 0.1) is 5.56 Å². The number of likely N-dealkylation sites (tertiary alicyclic amines) is 1. The molecule has 1 aliphatic carbocycles. The summed E-state index contributed by atoms with van der Waals surface area (Å²) in [6.07, 6.45) is 7.17. The molecule has 122 valence electrons. The number of pyridine rings is 1. The molecule has 1 saturated heterocycles. The standard InChI is InChI=1S/C20H20N2O2/c1-21-13-18(16-8-5-9-17(16)19(21)23)20(24)22-11-10-15(12-22)14-6-3-2-4-7-14/h2-8,13,15H,9-12H2,1H3. The molecule has 4 rings (SSSR count). The SMILES string of the molecule is Cn1cc(C(=O)N2CCC(c3ccccc3)C2)c2c(c1=O)CC=C2. The Balaban J connectivity index is 1.62. The second kappa shape index (κ2) is 5.78. The number of hydrogen-bond donors (Lipinski definition) is 0. The number of carbonyl (C=O) groups excluding carboxylic acids is 1. The maximum atomic E-state index is 13.0. The van der Waals surface area contributed by atoms with Gasteiger partial charge in [0.2, 0.25) is 0 Å². The predicted octanol–water partition coefficient (Wildman–Crippen LogP) is 2.58. The number of carbonyl (C=O) groups is 1. The first-order valence-electron chi connectivity index (χ1n) is 8.38. The van der Waals surface area contributed by atoms with E-state index >= 15 is 0 Å². The lowest BCUT2D eigenvalue weighted by Gasteiger charge is -2.19. The molecule has 2 aromatic rings. The van der Waals surface area contributed by atoms with Gasteiger partial charge in [-0.2, -0.15) is 0 Å². The molecule has 1 atom stereocenters. The third kappa shape index (κ3) is 2.39. The lowest BCUT2D eigenvalue weighted by molar-refractivity contribution is 0.0789. The Bertz CT molecular complexity index is 881. The van der Waals surface area contributed by atoms with Gasteiger partial charge in [0.1, 0.15) is 0 Å². The maximum Gasteiger partial charge on any atom is 0.255 e. The first-order valence-corrected chi connectivity index (χ1v) is 8.38. The summed E-state index contributed by atoms with van der Waals surface area (Å²) in [5, 5.41) is 0. The molecule has 1 fully saturated rings. The van der Waals surface area contributed by atoms with Crippen LogP contribution in [0.5, 0.6) is 0 Å². The van der Waals surface area contributed by atoms with Crippen molar-refractivity contribution in [2.24, 2.45) is 7.05 Å². The van der Waals surface area contributed by atoms with E-state index in [-0.39, 0.29) is 11.5 Å². The van der Waals surface area contributed by atoms with Gasteiger partial charge in [0, 0.05) is 37.8 Å². The molecule has 24 heavy (non-hydrogen) atoms. The number of amides is 1. The molecule has 0 bridgehead atoms. The molecule has 1 unspecified atom stereocenters. The third-order valence-corrected chi connectivity index (χ3v) is 5.10. The summed E-state index contributed by atoms with van der Waals surface area (Å²) in [6, 6.07) is 10.4. The van der Waals surface area contributed by atoms with Gasteiger partial charge in [-0.25, -0.2) is 0 Å². The predicted molar refractivity (Wildman–Crippen MR) is 94.1 cm³/mol. The van der Waals surface area contributed by atoms with E-state index in [9.17, 15) is 9.59 Å². The average molecular weight is 320 g/mol. The van der Waals surface area contributed by atoms with Crippen molar-refractivity contribution in [3.05, 3.63) is 75.2 Å². The molecule has 0 N–H and O–H groups in total. The Morgan fingerprint density at radius 2 is 2.00 bits per heavy atom. The van der Waals surface area contributed by atoms with E-state index < -0.39 is 0 Å². The Hall–Kier alpha value is -2.62. The van der Waals surface area contributed by atoms with E-state index in [1.54, 1.807) is 13.2 Å². The lowest BCUT2D eigenvalue weighted by atomic mass is 9.99. The van der Waals surface area contributed by atoms with Gasteiger partial charge in [-0.1, -0.05) is 42.5 Å². The van der Waals surface area contributed by atoms with Crippen LogP contribution in [-0.2, 0) is 13.5 Å². The highest BCUT2D eigenvalue weighted by atomic mass is 16.2. The molecular weight excluding hydrogens is 300 g/mol. The topological polar surface area (TPSA) is 42.3 Å². The molecule has 0 saturated carbocycles. The van der Waals surface area contributed by atoms with Crippen molar-refractivity contribution < 1.29 is 4.79 Å². The van der Waals surface area contributed by atoms with E-state index in [0.29, 0.717) is 17.9 Å². The second-order valence-electron chi connectivity index (χ2n) is 6.61. The van der Waals surface area contributed by atoms with Gasteiger partial charge in [0.15, 0.2) is 0 Å². The molecule has 1 amide bonds. The highest BCUT2D eigenvalue weighted by Gasteiger charge is 2.30. The Morgan fingerprint density at radius 3 is 2.79 bits per heavy atom. The largest absolute Gasteiger partial charge is 0.338 e. The molecule has 1 aliphatic heterocycles. The number of rotatable bonds is 2. The molecule has 2 aliphatic rings. The van der Waals surface area contributed by atoms with Gasteiger partial charge < -0.3 is 9.47 Å². The molecule has 1 aromatic carbocycles. The highest BCUT2D eigenvalue weighted by molar-refractivity contribution is 5.98. The minimum atomic E-state index is -0.00451. The van der Waals surface area contributed by atoms with Crippen molar-refractivity contribution in [3.63, 3.8) is 0 Å². The van der Waals surface area contributed by atoms with Crippen molar-refractivity contribution in [2.45, 2.75) is 18.8 Å². The fourth-order valence-corrected chi connectivity index (χ4v) is 3.78. The number of aryl methyl sites for hydroxylation is 1. The van der Waals surface area contributed by atoms with Gasteiger partial charge >= 0.3 is 0 Å². The summed E-state index contributed by atoms with van der Waals surface area (Å²) in [5.41, 5.74) is 3.48. The van der Waals surface area contributed by atoms with Crippen LogP contribution in [0.2, 0.25) is 0 Å². The summed E-state index contributed by atoms with van der Waals surface area (Å²) in [6.45, 7) is 1.50. The zero-order chi connectivity index (χ0) is 16.7. The normalized spacial score (nSPS) is 18.9. The van der Waals surface area contributed by atoms with E-state index in [2.05, 4.69) is 12.1 Å². The van der Waals surface area contributed by atoms with E-state index in [1.165, 1.54) is 10.1 Å². The Kier molecular flexibility index (Phi) is 3.60. The fraction of sp³-hybridized carbons (Fsp3) is 0.300. The number of aromatic nitrogens is 1. The minimum Gasteiger partial charge on any atom is -0.338 e. The quantitative estimate of drug-likeness (QED) is 0.853. The maximum absolute atomic E-state index is 13.0. The molecule has 4 nitrogen and oxygen atoms in total. The van der Waals surface area contributed by atoms with E-state index in [0.717, 1.165) is 30.6 Å². The number of allylic oxidation sites excluding steroid dienone is 1. The van der Waals surface area contributed by atoms with Crippen LogP contribution in [0.15, 0.2) is 47.4 Å². The Morgan fingerprint density at radius 1 is 1.21 bits per heavy atom. The zero-order valence-corrected chi connectivity index (χ0v) is 13.7. The van der Waals surface area contributed by atoms with Crippen LogP contribution < -0.4 is 5.56 Å². The fourth-order valence-electron chi connectivity index (χ4n) is 3.78. The lowest BCUT2D eigenvalue weighted by Crippen LogP contribution is -2.32. The van der Waals surface area contributed by atoms with E-state index in [4.69, 9.17) is 0 Å². The van der Waals surface area contributed by atoms with Crippen molar-refractivity contribution in [1.82, 2.24) is 9.47 Å². The molecule has 0 radical (unpaired) electrons. The average Bonchev–Trinajstić information content (AvgIpc) is 3.28. The van der Waals surface area contributed by atoms with Crippen molar-refractivity contribution in [1.29, 1.82) is 0 Å². The summed E-state index contributed by atoms with van der Waals surface area (Å²) in [4.78, 5) is 27.1. The van der Waals surface area contributed by atoms with Gasteiger partial charge in [-0.15, -0.1) is 0 Å². The van der Waals surface area contributed by atoms with Gasteiger partial charge in [-0.3, -0.25) is 9.59 Å². The number of benzene rings is 1. The van der Waals surface area contributed by atoms with E-state index in [1.807, 2.05) is 35.3 Å². The zero-order valence-electron chi connectivity index (χ0n) is 13.7. The van der Waals surface area contributed by atoms with Crippen LogP contribution in [-0.4, -0.2) is 28.5 Å². The summed E-state index contributed by atoms with van der Waals surface area (Å²) >= 11 is 0. The number of nitrogens with zero attached hydrogens (tertiary/aromatic N) is 2. The van der Waals surface area contributed by atoms with Crippen LogP contribution in [0.4, 0.5) is 0 Å². The molecule has 0 spiro atoms. The van der Waals surface area contributed by atoms with Crippen LogP contribution in [0.1, 0.15) is 39.4 Å². The molecular formula is C20H20N2O2. The summed E-state index contributed by atoms with van der Waals surface area (Å²) in [7, 11) is 1.72. The molecule has 2 heterocycles. The number of hydrogen-bond acceptors (Lipinski definition) is 2. The first kappa shape index (κ1) is 14.9. The minimum absolute atomic E-state index is 0.00451. The first-order chi connectivity index (χ1) is 11.6. The highest BCUT2D eigenvalue weighted by Crippen LogP contribution is 2.29. The number of fused-ring (bicyclic) bond motifs is 1. The van der Waals surface area contributed by atoms with Crippen LogP contribution in [0, 0.1) is 0 Å². The van der Waals surface area contributed by atoms with Crippen molar-refractivity contribution >= 4 is 12.0 Å². The smallest absolute Gasteiger partial charge is 0.255 e.